The van der Waals surface area contributed by atoms with Crippen LogP contribution >= 0.6 is 0 Å². The second-order valence-electron chi connectivity index (χ2n) is 3.38. The molecule has 1 aromatic heterocycles. The summed E-state index contributed by atoms with van der Waals surface area (Å²) in [6.07, 6.45) is 1.45. The zero-order chi connectivity index (χ0) is 10.3. The number of carbonyl (C=O) groups excluding carboxylic acids is 1. The number of aromatic nitrogens is 2. The van der Waals surface area contributed by atoms with E-state index in [0.29, 0.717) is 0 Å². The number of primary amides is 1. The lowest BCUT2D eigenvalue weighted by Gasteiger charge is -2.01. The molecule has 0 unspecified atom stereocenters. The molecule has 0 aliphatic heterocycles. The largest absolute Gasteiger partial charge is 0.351 e. The molecule has 2 rings (SSSR count). The van der Waals surface area contributed by atoms with Gasteiger partial charge in [0.15, 0.2) is 0 Å². The Bertz CT molecular complexity index is 513. The van der Waals surface area contributed by atoms with Gasteiger partial charge in [-0.25, -0.2) is 9.78 Å². The Morgan fingerprint density at radius 2 is 2.00 bits per heavy atom. The predicted octanol–water partition coefficient (Wildman–Crippen LogP) is 1.58. The number of hydrogen-bond acceptors (Lipinski definition) is 2. The number of amides is 1. The molecular weight excluding hydrogens is 178 g/mol. The minimum atomic E-state index is -0.504. The fourth-order valence-corrected chi connectivity index (χ4v) is 1.44. The molecule has 0 radical (unpaired) electrons. The lowest BCUT2D eigenvalue weighted by molar-refractivity contribution is 0.251. The number of aryl methyl sites for hydroxylation is 2. The molecule has 0 fully saturated rings. The monoisotopic (exact) mass is 189 g/mol. The van der Waals surface area contributed by atoms with Gasteiger partial charge >= 0.3 is 6.03 Å². The van der Waals surface area contributed by atoms with Gasteiger partial charge in [0.25, 0.3) is 0 Å². The number of benzene rings is 1. The summed E-state index contributed by atoms with van der Waals surface area (Å²) in [7, 11) is 0. The Balaban J connectivity index is 2.80. The van der Waals surface area contributed by atoms with Crippen molar-refractivity contribution in [3.63, 3.8) is 0 Å². The Morgan fingerprint density at radius 1 is 1.36 bits per heavy atom. The minimum absolute atomic E-state index is 0.504. The van der Waals surface area contributed by atoms with Crippen LogP contribution in [0.15, 0.2) is 18.5 Å². The van der Waals surface area contributed by atoms with E-state index < -0.39 is 6.03 Å². The van der Waals surface area contributed by atoms with Gasteiger partial charge in [-0.3, -0.25) is 4.57 Å². The third kappa shape index (κ3) is 1.16. The molecule has 0 aliphatic rings. The Kier molecular flexibility index (Phi) is 1.77. The predicted molar refractivity (Wildman–Crippen MR) is 54.2 cm³/mol. The maximum atomic E-state index is 11.0. The van der Waals surface area contributed by atoms with Crippen LogP contribution in [0.1, 0.15) is 11.1 Å². The third-order valence-corrected chi connectivity index (χ3v) is 2.40. The Labute approximate surface area is 81.3 Å². The minimum Gasteiger partial charge on any atom is -0.351 e. The van der Waals surface area contributed by atoms with Crippen LogP contribution in [0.5, 0.6) is 0 Å². The van der Waals surface area contributed by atoms with Crippen LogP contribution in [0.25, 0.3) is 11.0 Å². The number of nitrogens with zero attached hydrogens (tertiary/aromatic N) is 2. The normalized spacial score (nSPS) is 10.7. The van der Waals surface area contributed by atoms with Crippen LogP contribution in [0.4, 0.5) is 4.79 Å². The Morgan fingerprint density at radius 3 is 2.64 bits per heavy atom. The molecule has 1 aromatic carbocycles. The van der Waals surface area contributed by atoms with Crippen molar-refractivity contribution in [1.82, 2.24) is 9.55 Å². The van der Waals surface area contributed by atoms with Gasteiger partial charge in [0.1, 0.15) is 6.33 Å². The quantitative estimate of drug-likeness (QED) is 0.683. The van der Waals surface area contributed by atoms with Crippen molar-refractivity contribution in [2.75, 3.05) is 0 Å². The average molecular weight is 189 g/mol. The zero-order valence-corrected chi connectivity index (χ0v) is 8.11. The molecule has 0 atom stereocenters. The first-order valence-electron chi connectivity index (χ1n) is 4.33. The highest BCUT2D eigenvalue weighted by molar-refractivity contribution is 5.88. The molecule has 0 saturated carbocycles. The molecule has 2 N–H and O–H groups in total. The molecule has 0 aliphatic carbocycles. The van der Waals surface area contributed by atoms with Crippen molar-refractivity contribution in [3.8, 4) is 0 Å². The van der Waals surface area contributed by atoms with Gasteiger partial charge in [-0.15, -0.1) is 0 Å². The average Bonchev–Trinajstić information content (AvgIpc) is 2.48. The summed E-state index contributed by atoms with van der Waals surface area (Å²) < 4.78 is 1.35. The first kappa shape index (κ1) is 8.74. The smallest absolute Gasteiger partial charge is 0.324 e. The van der Waals surface area contributed by atoms with Crippen LogP contribution in [0.2, 0.25) is 0 Å². The summed E-state index contributed by atoms with van der Waals surface area (Å²) in [6.45, 7) is 4.01. The van der Waals surface area contributed by atoms with Crippen LogP contribution in [-0.4, -0.2) is 15.6 Å². The third-order valence-electron chi connectivity index (χ3n) is 2.40. The van der Waals surface area contributed by atoms with Gasteiger partial charge in [0, 0.05) is 0 Å². The topological polar surface area (TPSA) is 60.9 Å². The molecule has 1 heterocycles. The molecule has 72 valence electrons. The van der Waals surface area contributed by atoms with Crippen molar-refractivity contribution in [3.05, 3.63) is 29.6 Å². The lowest BCUT2D eigenvalue weighted by Crippen LogP contribution is -2.18. The number of hydrogen-bond donors (Lipinski definition) is 1. The van der Waals surface area contributed by atoms with E-state index in [4.69, 9.17) is 5.73 Å². The number of carbonyl (C=O) groups is 1. The van der Waals surface area contributed by atoms with E-state index in [1.807, 2.05) is 26.0 Å². The van der Waals surface area contributed by atoms with Crippen molar-refractivity contribution in [2.24, 2.45) is 5.73 Å². The molecule has 14 heavy (non-hydrogen) atoms. The molecule has 0 bridgehead atoms. The van der Waals surface area contributed by atoms with Gasteiger partial charge in [-0.2, -0.15) is 0 Å². The summed E-state index contributed by atoms with van der Waals surface area (Å²) >= 11 is 0. The molecular formula is C10H11N3O. The van der Waals surface area contributed by atoms with E-state index in [9.17, 15) is 4.79 Å². The molecule has 2 aromatic rings. The standard InChI is InChI=1S/C10H11N3O/c1-6-3-8-9(4-7(6)2)13(5-12-8)10(11)14/h3-5H,1-2H3,(H2,11,14). The summed E-state index contributed by atoms with van der Waals surface area (Å²) in [5.74, 6) is 0. The molecule has 0 spiro atoms. The fourth-order valence-electron chi connectivity index (χ4n) is 1.44. The van der Waals surface area contributed by atoms with Crippen molar-refractivity contribution in [2.45, 2.75) is 13.8 Å². The highest BCUT2D eigenvalue weighted by Crippen LogP contribution is 2.17. The van der Waals surface area contributed by atoms with E-state index in [2.05, 4.69) is 4.98 Å². The van der Waals surface area contributed by atoms with Crippen LogP contribution in [0, 0.1) is 13.8 Å². The molecule has 4 heteroatoms. The first-order valence-corrected chi connectivity index (χ1v) is 4.33. The number of nitrogens with two attached hydrogens (primary N) is 1. The molecule has 0 saturated heterocycles. The maximum absolute atomic E-state index is 11.0. The zero-order valence-electron chi connectivity index (χ0n) is 8.11. The van der Waals surface area contributed by atoms with Gasteiger partial charge in [-0.05, 0) is 37.1 Å². The van der Waals surface area contributed by atoms with E-state index >= 15 is 0 Å². The van der Waals surface area contributed by atoms with E-state index in [-0.39, 0.29) is 0 Å². The van der Waals surface area contributed by atoms with Gasteiger partial charge in [-0.1, -0.05) is 0 Å². The number of rotatable bonds is 0. The lowest BCUT2D eigenvalue weighted by atomic mass is 10.1. The number of fused-ring (bicyclic) bond motifs is 1. The van der Waals surface area contributed by atoms with E-state index in [0.717, 1.165) is 22.2 Å². The fraction of sp³-hybridized carbons (Fsp3) is 0.200. The highest BCUT2D eigenvalue weighted by Gasteiger charge is 2.07. The number of imidazole rings is 1. The summed E-state index contributed by atoms with van der Waals surface area (Å²) in [5.41, 5.74) is 9.04. The van der Waals surface area contributed by atoms with Crippen LogP contribution < -0.4 is 5.73 Å². The molecule has 4 nitrogen and oxygen atoms in total. The second-order valence-corrected chi connectivity index (χ2v) is 3.38. The Hall–Kier alpha value is -1.84. The van der Waals surface area contributed by atoms with Crippen molar-refractivity contribution < 1.29 is 4.79 Å². The second kappa shape index (κ2) is 2.83. The van der Waals surface area contributed by atoms with Crippen LogP contribution in [-0.2, 0) is 0 Å². The summed E-state index contributed by atoms with van der Waals surface area (Å²) in [6, 6.07) is 3.36. The molecule has 1 amide bonds. The van der Waals surface area contributed by atoms with Gasteiger partial charge in [0.05, 0.1) is 11.0 Å². The van der Waals surface area contributed by atoms with Crippen molar-refractivity contribution >= 4 is 17.1 Å². The highest BCUT2D eigenvalue weighted by atomic mass is 16.2. The maximum Gasteiger partial charge on any atom is 0.324 e. The first-order chi connectivity index (χ1) is 6.59. The summed E-state index contributed by atoms with van der Waals surface area (Å²) in [5, 5.41) is 0. The SMILES string of the molecule is Cc1cc2ncn(C(N)=O)c2cc1C. The van der Waals surface area contributed by atoms with E-state index in [1.165, 1.54) is 10.9 Å². The van der Waals surface area contributed by atoms with E-state index in [1.54, 1.807) is 0 Å². The van der Waals surface area contributed by atoms with Crippen molar-refractivity contribution in [1.29, 1.82) is 0 Å². The van der Waals surface area contributed by atoms with Crippen LogP contribution in [0.3, 0.4) is 0 Å². The van der Waals surface area contributed by atoms with Gasteiger partial charge in [0.2, 0.25) is 0 Å². The summed E-state index contributed by atoms with van der Waals surface area (Å²) in [4.78, 5) is 15.1. The van der Waals surface area contributed by atoms with Gasteiger partial charge < -0.3 is 5.73 Å².